The van der Waals surface area contributed by atoms with Crippen molar-refractivity contribution in [1.29, 1.82) is 0 Å². The number of anilines is 2. The molecule has 1 aliphatic carbocycles. The molecule has 1 atom stereocenters. The van der Waals surface area contributed by atoms with E-state index in [1.807, 2.05) is 6.92 Å². The summed E-state index contributed by atoms with van der Waals surface area (Å²) in [5.74, 6) is 1.87. The molecule has 3 nitrogen and oxygen atoms in total. The summed E-state index contributed by atoms with van der Waals surface area (Å²) in [5, 5.41) is 7.15. The lowest BCUT2D eigenvalue weighted by molar-refractivity contribution is 0.321. The molecule has 0 aromatic carbocycles. The van der Waals surface area contributed by atoms with Gasteiger partial charge in [-0.05, 0) is 37.8 Å². The van der Waals surface area contributed by atoms with E-state index in [2.05, 4.69) is 27.8 Å². The Kier molecular flexibility index (Phi) is 2.91. The molecule has 1 unspecified atom stereocenters. The van der Waals surface area contributed by atoms with Crippen molar-refractivity contribution in [3.8, 4) is 0 Å². The Balaban J connectivity index is 1.75. The fourth-order valence-corrected chi connectivity index (χ4v) is 3.08. The van der Waals surface area contributed by atoms with E-state index in [1.165, 1.54) is 32.1 Å². The van der Waals surface area contributed by atoms with E-state index in [-0.39, 0.29) is 0 Å². The monoisotopic (exact) mass is 231 g/mol. The summed E-state index contributed by atoms with van der Waals surface area (Å²) in [6.07, 6.45) is 6.97. The van der Waals surface area contributed by atoms with Gasteiger partial charge in [0.15, 0.2) is 0 Å². The van der Waals surface area contributed by atoms with Crippen molar-refractivity contribution >= 4 is 11.5 Å². The molecule has 2 N–H and O–H groups in total. The van der Waals surface area contributed by atoms with Gasteiger partial charge in [0.2, 0.25) is 0 Å². The van der Waals surface area contributed by atoms with Gasteiger partial charge in [-0.3, -0.25) is 0 Å². The summed E-state index contributed by atoms with van der Waals surface area (Å²) in [7, 11) is 0. The third kappa shape index (κ3) is 2.24. The van der Waals surface area contributed by atoms with E-state index in [0.29, 0.717) is 6.04 Å². The summed E-state index contributed by atoms with van der Waals surface area (Å²) in [4.78, 5) is 4.59. The maximum atomic E-state index is 4.59. The number of nitrogens with zero attached hydrogens (tertiary/aromatic N) is 1. The number of hydrogen-bond donors (Lipinski definition) is 2. The minimum Gasteiger partial charge on any atom is -0.380 e. The Morgan fingerprint density at radius 2 is 2.00 bits per heavy atom. The van der Waals surface area contributed by atoms with Gasteiger partial charge in [-0.15, -0.1) is 0 Å². The smallest absolute Gasteiger partial charge is 0.149 e. The lowest BCUT2D eigenvalue weighted by Crippen LogP contribution is -2.40. The fourth-order valence-electron chi connectivity index (χ4n) is 3.08. The van der Waals surface area contributed by atoms with Gasteiger partial charge in [0.25, 0.3) is 0 Å². The number of hydrogen-bond acceptors (Lipinski definition) is 3. The van der Waals surface area contributed by atoms with Crippen LogP contribution in [0.25, 0.3) is 0 Å². The lowest BCUT2D eigenvalue weighted by Gasteiger charge is -2.35. The van der Waals surface area contributed by atoms with Crippen LogP contribution in [-0.2, 0) is 0 Å². The minimum absolute atomic E-state index is 0.567. The van der Waals surface area contributed by atoms with Crippen LogP contribution >= 0.6 is 0 Å². The largest absolute Gasteiger partial charge is 0.380 e. The average Bonchev–Trinajstić information content (AvgIpc) is 2.39. The molecule has 1 fully saturated rings. The van der Waals surface area contributed by atoms with E-state index in [4.69, 9.17) is 0 Å². The quantitative estimate of drug-likeness (QED) is 0.779. The highest BCUT2D eigenvalue weighted by molar-refractivity contribution is 5.67. The summed E-state index contributed by atoms with van der Waals surface area (Å²) in [6.45, 7) is 3.09. The number of nitrogens with one attached hydrogen (secondary N) is 2. The first kappa shape index (κ1) is 10.9. The molecule has 2 aliphatic rings. The van der Waals surface area contributed by atoms with Gasteiger partial charge in [0, 0.05) is 18.3 Å². The molecule has 1 aromatic rings. The molecule has 1 aliphatic heterocycles. The second-order valence-electron chi connectivity index (χ2n) is 5.38. The molecule has 1 aromatic heterocycles. The van der Waals surface area contributed by atoms with Crippen LogP contribution < -0.4 is 10.6 Å². The SMILES string of the molecule is Cc1ccc2c(n1)NC(C1CCCCC1)CN2. The maximum absolute atomic E-state index is 4.59. The highest BCUT2D eigenvalue weighted by Crippen LogP contribution is 2.32. The number of pyridine rings is 1. The molecule has 2 heterocycles. The van der Waals surface area contributed by atoms with Crippen LogP contribution in [0.4, 0.5) is 11.5 Å². The Hall–Kier alpha value is -1.25. The maximum Gasteiger partial charge on any atom is 0.149 e. The number of rotatable bonds is 1. The summed E-state index contributed by atoms with van der Waals surface area (Å²) in [5.41, 5.74) is 2.24. The van der Waals surface area contributed by atoms with Gasteiger partial charge in [-0.1, -0.05) is 19.3 Å². The topological polar surface area (TPSA) is 37.0 Å². The van der Waals surface area contributed by atoms with Crippen LogP contribution in [0.2, 0.25) is 0 Å². The van der Waals surface area contributed by atoms with Crippen LogP contribution in [-0.4, -0.2) is 17.6 Å². The van der Waals surface area contributed by atoms with E-state index >= 15 is 0 Å². The van der Waals surface area contributed by atoms with Gasteiger partial charge in [0.1, 0.15) is 5.82 Å². The van der Waals surface area contributed by atoms with Crippen LogP contribution in [0.5, 0.6) is 0 Å². The Bertz CT molecular complexity index is 396. The van der Waals surface area contributed by atoms with Crippen molar-refractivity contribution in [3.05, 3.63) is 17.8 Å². The predicted molar refractivity (Wildman–Crippen MR) is 71.4 cm³/mol. The van der Waals surface area contributed by atoms with Crippen molar-refractivity contribution in [1.82, 2.24) is 4.98 Å². The fraction of sp³-hybridized carbons (Fsp3) is 0.643. The summed E-state index contributed by atoms with van der Waals surface area (Å²) >= 11 is 0. The molecule has 0 bridgehead atoms. The van der Waals surface area contributed by atoms with Crippen molar-refractivity contribution in [2.45, 2.75) is 45.1 Å². The third-order valence-electron chi connectivity index (χ3n) is 4.09. The first-order valence-electron chi connectivity index (χ1n) is 6.81. The second kappa shape index (κ2) is 4.55. The first-order chi connectivity index (χ1) is 8.33. The molecule has 0 spiro atoms. The first-order valence-corrected chi connectivity index (χ1v) is 6.81. The van der Waals surface area contributed by atoms with Crippen molar-refractivity contribution < 1.29 is 0 Å². The Morgan fingerprint density at radius 1 is 1.18 bits per heavy atom. The van der Waals surface area contributed by atoms with Gasteiger partial charge < -0.3 is 10.6 Å². The van der Waals surface area contributed by atoms with Gasteiger partial charge in [0.05, 0.1) is 5.69 Å². The van der Waals surface area contributed by atoms with Gasteiger partial charge in [-0.25, -0.2) is 4.98 Å². The van der Waals surface area contributed by atoms with Gasteiger partial charge >= 0.3 is 0 Å². The zero-order chi connectivity index (χ0) is 11.7. The molecule has 0 amide bonds. The predicted octanol–water partition coefficient (Wildman–Crippen LogP) is 3.18. The zero-order valence-corrected chi connectivity index (χ0v) is 10.5. The van der Waals surface area contributed by atoms with Crippen LogP contribution in [0.3, 0.4) is 0 Å². The van der Waals surface area contributed by atoms with Gasteiger partial charge in [-0.2, -0.15) is 0 Å². The van der Waals surface area contributed by atoms with Crippen LogP contribution in [0.15, 0.2) is 12.1 Å². The molecule has 3 rings (SSSR count). The molecule has 0 saturated heterocycles. The summed E-state index contributed by atoms with van der Waals surface area (Å²) < 4.78 is 0. The Morgan fingerprint density at radius 3 is 2.82 bits per heavy atom. The molecule has 0 radical (unpaired) electrons. The van der Waals surface area contributed by atoms with Crippen molar-refractivity contribution in [2.75, 3.05) is 17.2 Å². The van der Waals surface area contributed by atoms with Crippen molar-refractivity contribution in [3.63, 3.8) is 0 Å². The normalized spacial score (nSPS) is 24.6. The molecule has 17 heavy (non-hydrogen) atoms. The second-order valence-corrected chi connectivity index (χ2v) is 5.38. The number of fused-ring (bicyclic) bond motifs is 1. The average molecular weight is 231 g/mol. The van der Waals surface area contributed by atoms with E-state index < -0.39 is 0 Å². The Labute approximate surface area is 103 Å². The van der Waals surface area contributed by atoms with Crippen molar-refractivity contribution in [2.24, 2.45) is 5.92 Å². The van der Waals surface area contributed by atoms with Crippen LogP contribution in [0, 0.1) is 12.8 Å². The highest BCUT2D eigenvalue weighted by Gasteiger charge is 2.27. The summed E-state index contributed by atoms with van der Waals surface area (Å²) in [6, 6.07) is 4.76. The number of aryl methyl sites for hydroxylation is 1. The molecular formula is C14H21N3. The highest BCUT2D eigenvalue weighted by atomic mass is 15.1. The lowest BCUT2D eigenvalue weighted by atomic mass is 9.83. The number of aromatic nitrogens is 1. The van der Waals surface area contributed by atoms with E-state index in [1.54, 1.807) is 0 Å². The van der Waals surface area contributed by atoms with Crippen LogP contribution in [0.1, 0.15) is 37.8 Å². The standard InChI is InChI=1S/C14H21N3/c1-10-7-8-12-14(16-10)17-13(9-15-12)11-5-3-2-4-6-11/h7-8,11,13,15H,2-6,9H2,1H3,(H,16,17). The minimum atomic E-state index is 0.567. The third-order valence-corrected chi connectivity index (χ3v) is 4.09. The molecule has 3 heteroatoms. The molecule has 1 saturated carbocycles. The molecule has 92 valence electrons. The molecular weight excluding hydrogens is 210 g/mol. The van der Waals surface area contributed by atoms with E-state index in [9.17, 15) is 0 Å². The zero-order valence-electron chi connectivity index (χ0n) is 10.5. The van der Waals surface area contributed by atoms with E-state index in [0.717, 1.165) is 29.7 Å².